The second-order valence-corrected chi connectivity index (χ2v) is 5.57. The highest BCUT2D eigenvalue weighted by atomic mass is 16.5. The Labute approximate surface area is 141 Å². The summed E-state index contributed by atoms with van der Waals surface area (Å²) in [7, 11) is 0. The molecule has 2 rings (SSSR count). The summed E-state index contributed by atoms with van der Waals surface area (Å²) in [6.45, 7) is 5.54. The van der Waals surface area contributed by atoms with E-state index in [1.807, 2.05) is 37.5 Å². The minimum atomic E-state index is -0.718. The highest BCUT2D eigenvalue weighted by molar-refractivity contribution is 6.04. The highest BCUT2D eigenvalue weighted by Crippen LogP contribution is 2.19. The number of carbonyl (C=O) groups is 2. The van der Waals surface area contributed by atoms with Crippen molar-refractivity contribution in [2.45, 2.75) is 26.9 Å². The van der Waals surface area contributed by atoms with Crippen LogP contribution in [0, 0.1) is 13.8 Å². The van der Waals surface area contributed by atoms with E-state index < -0.39 is 12.0 Å². The first kappa shape index (κ1) is 17.5. The van der Waals surface area contributed by atoms with Gasteiger partial charge in [-0.25, -0.2) is 5.84 Å². The molecule has 1 atom stereocenters. The molecule has 0 fully saturated rings. The van der Waals surface area contributed by atoms with Crippen LogP contribution in [0.4, 0.5) is 5.69 Å². The van der Waals surface area contributed by atoms with Crippen molar-refractivity contribution >= 4 is 17.5 Å². The van der Waals surface area contributed by atoms with Crippen molar-refractivity contribution in [1.29, 1.82) is 0 Å². The largest absolute Gasteiger partial charge is 0.481 e. The van der Waals surface area contributed by atoms with Crippen LogP contribution < -0.4 is 21.3 Å². The summed E-state index contributed by atoms with van der Waals surface area (Å²) >= 11 is 0. The van der Waals surface area contributed by atoms with Crippen LogP contribution in [0.5, 0.6) is 5.75 Å². The number of ether oxygens (including phenoxy) is 1. The summed E-state index contributed by atoms with van der Waals surface area (Å²) in [5, 5.41) is 2.88. The van der Waals surface area contributed by atoms with E-state index in [0.29, 0.717) is 11.3 Å². The van der Waals surface area contributed by atoms with Crippen molar-refractivity contribution in [2.24, 2.45) is 5.84 Å². The van der Waals surface area contributed by atoms with Crippen molar-refractivity contribution in [1.82, 2.24) is 5.43 Å². The molecule has 0 aliphatic carbocycles. The van der Waals surface area contributed by atoms with Gasteiger partial charge in [0.05, 0.1) is 0 Å². The summed E-state index contributed by atoms with van der Waals surface area (Å²) in [6, 6.07) is 12.4. The Morgan fingerprint density at radius 3 is 2.33 bits per heavy atom. The molecular formula is C18H21N3O3. The molecule has 2 aromatic rings. The number of carbonyl (C=O) groups excluding carboxylic acids is 2. The van der Waals surface area contributed by atoms with Crippen molar-refractivity contribution in [3.8, 4) is 5.75 Å². The third-order valence-electron chi connectivity index (χ3n) is 3.57. The zero-order valence-electron chi connectivity index (χ0n) is 13.9. The zero-order valence-corrected chi connectivity index (χ0v) is 13.9. The van der Waals surface area contributed by atoms with E-state index in [0.717, 1.165) is 16.8 Å². The van der Waals surface area contributed by atoms with Gasteiger partial charge >= 0.3 is 0 Å². The van der Waals surface area contributed by atoms with E-state index in [4.69, 9.17) is 10.6 Å². The molecule has 2 amide bonds. The summed E-state index contributed by atoms with van der Waals surface area (Å²) in [5.41, 5.74) is 5.44. The van der Waals surface area contributed by atoms with Gasteiger partial charge in [0, 0.05) is 11.3 Å². The van der Waals surface area contributed by atoms with Gasteiger partial charge in [-0.1, -0.05) is 17.7 Å². The first-order valence-corrected chi connectivity index (χ1v) is 7.56. The highest BCUT2D eigenvalue weighted by Gasteiger charge is 2.13. The minimum Gasteiger partial charge on any atom is -0.481 e. The smallest absolute Gasteiger partial charge is 0.274 e. The maximum atomic E-state index is 12.3. The second-order valence-electron chi connectivity index (χ2n) is 5.57. The Morgan fingerprint density at radius 2 is 1.75 bits per heavy atom. The molecule has 0 aromatic heterocycles. The minimum absolute atomic E-state index is 0.207. The lowest BCUT2D eigenvalue weighted by Crippen LogP contribution is -2.40. The normalized spacial score (nSPS) is 11.5. The monoisotopic (exact) mass is 327 g/mol. The predicted octanol–water partition coefficient (Wildman–Crippen LogP) is 2.31. The molecule has 1 unspecified atom stereocenters. The summed E-state index contributed by atoms with van der Waals surface area (Å²) in [6.07, 6.45) is -0.718. The van der Waals surface area contributed by atoms with Gasteiger partial charge in [0.25, 0.3) is 11.8 Å². The van der Waals surface area contributed by atoms with Crippen LogP contribution in [0.1, 0.15) is 28.4 Å². The Hall–Kier alpha value is -2.86. The van der Waals surface area contributed by atoms with Crippen LogP contribution >= 0.6 is 0 Å². The number of hydrazine groups is 1. The number of hydrogen-bond acceptors (Lipinski definition) is 4. The lowest BCUT2D eigenvalue weighted by atomic mass is 10.1. The summed E-state index contributed by atoms with van der Waals surface area (Å²) < 4.78 is 5.43. The molecule has 0 spiro atoms. The number of aryl methyl sites for hydroxylation is 2. The van der Waals surface area contributed by atoms with Gasteiger partial charge in [-0.2, -0.15) is 0 Å². The van der Waals surface area contributed by atoms with Crippen LogP contribution in [-0.2, 0) is 4.79 Å². The molecule has 0 saturated carbocycles. The van der Waals surface area contributed by atoms with E-state index >= 15 is 0 Å². The molecule has 6 nitrogen and oxygen atoms in total. The molecule has 0 saturated heterocycles. The quantitative estimate of drug-likeness (QED) is 0.446. The number of anilines is 1. The molecular weight excluding hydrogens is 306 g/mol. The predicted molar refractivity (Wildman–Crippen MR) is 92.7 cm³/mol. The molecule has 0 aliphatic rings. The van der Waals surface area contributed by atoms with Crippen LogP contribution in [0.25, 0.3) is 0 Å². The van der Waals surface area contributed by atoms with E-state index in [1.54, 1.807) is 31.2 Å². The number of nitrogens with one attached hydrogen (secondary N) is 2. The SMILES string of the molecule is Cc1ccc(NC(=O)c2ccc(OC(C)C(=O)NN)cc2)c(C)c1. The third kappa shape index (κ3) is 4.33. The molecule has 6 heteroatoms. The number of benzene rings is 2. The second kappa shape index (κ2) is 7.61. The fourth-order valence-electron chi connectivity index (χ4n) is 2.21. The Bertz CT molecular complexity index is 742. The van der Waals surface area contributed by atoms with E-state index in [2.05, 4.69) is 5.32 Å². The molecule has 4 N–H and O–H groups in total. The van der Waals surface area contributed by atoms with Gasteiger partial charge in [0.2, 0.25) is 0 Å². The van der Waals surface area contributed by atoms with Crippen molar-refractivity contribution in [2.75, 3.05) is 5.32 Å². The van der Waals surface area contributed by atoms with E-state index in [1.165, 1.54) is 0 Å². The first-order valence-electron chi connectivity index (χ1n) is 7.56. The maximum Gasteiger partial charge on any atom is 0.274 e. The van der Waals surface area contributed by atoms with Gasteiger partial charge < -0.3 is 10.1 Å². The number of rotatable bonds is 5. The Morgan fingerprint density at radius 1 is 1.08 bits per heavy atom. The lowest BCUT2D eigenvalue weighted by molar-refractivity contribution is -0.127. The van der Waals surface area contributed by atoms with E-state index in [9.17, 15) is 9.59 Å². The molecule has 0 bridgehead atoms. The summed E-state index contributed by atoms with van der Waals surface area (Å²) in [4.78, 5) is 23.6. The number of amides is 2. The average molecular weight is 327 g/mol. The van der Waals surface area contributed by atoms with Crippen LogP contribution in [0.3, 0.4) is 0 Å². The van der Waals surface area contributed by atoms with Crippen molar-refractivity contribution in [3.05, 3.63) is 59.2 Å². The summed E-state index contributed by atoms with van der Waals surface area (Å²) in [5.74, 6) is 4.90. The maximum absolute atomic E-state index is 12.3. The van der Waals surface area contributed by atoms with Crippen molar-refractivity contribution in [3.63, 3.8) is 0 Å². The Balaban J connectivity index is 2.04. The molecule has 24 heavy (non-hydrogen) atoms. The lowest BCUT2D eigenvalue weighted by Gasteiger charge is -2.13. The zero-order chi connectivity index (χ0) is 17.7. The van der Waals surface area contributed by atoms with Gasteiger partial charge in [-0.3, -0.25) is 15.0 Å². The van der Waals surface area contributed by atoms with Gasteiger partial charge in [0.1, 0.15) is 5.75 Å². The molecule has 0 aliphatic heterocycles. The first-order chi connectivity index (χ1) is 11.4. The van der Waals surface area contributed by atoms with Crippen molar-refractivity contribution < 1.29 is 14.3 Å². The fraction of sp³-hybridized carbons (Fsp3) is 0.222. The van der Waals surface area contributed by atoms with Crippen LogP contribution in [-0.4, -0.2) is 17.9 Å². The van der Waals surface area contributed by atoms with Crippen LogP contribution in [0.15, 0.2) is 42.5 Å². The molecule has 0 heterocycles. The van der Waals surface area contributed by atoms with Gasteiger partial charge in [-0.15, -0.1) is 0 Å². The fourth-order valence-corrected chi connectivity index (χ4v) is 2.21. The van der Waals surface area contributed by atoms with E-state index in [-0.39, 0.29) is 5.91 Å². The van der Waals surface area contributed by atoms with Gasteiger partial charge in [0.15, 0.2) is 6.10 Å². The number of hydrogen-bond donors (Lipinski definition) is 3. The average Bonchev–Trinajstić information content (AvgIpc) is 2.57. The molecule has 126 valence electrons. The molecule has 0 radical (unpaired) electrons. The third-order valence-corrected chi connectivity index (χ3v) is 3.57. The topological polar surface area (TPSA) is 93.4 Å². The standard InChI is InChI=1S/C18H21N3O3/c1-11-4-9-16(12(2)10-11)20-18(23)14-5-7-15(8-6-14)24-13(3)17(22)21-19/h4-10,13H,19H2,1-3H3,(H,20,23)(H,21,22). The number of nitrogens with two attached hydrogens (primary N) is 1. The molecule has 2 aromatic carbocycles. The van der Waals surface area contributed by atoms with Crippen LogP contribution in [0.2, 0.25) is 0 Å². The van der Waals surface area contributed by atoms with Gasteiger partial charge in [-0.05, 0) is 56.7 Å². The Kier molecular flexibility index (Phi) is 5.55.